The van der Waals surface area contributed by atoms with Gasteiger partial charge in [-0.15, -0.1) is 11.3 Å². The lowest BCUT2D eigenvalue weighted by Crippen LogP contribution is -2.33. The molecule has 8 nitrogen and oxygen atoms in total. The first kappa shape index (κ1) is 35.3. The summed E-state index contributed by atoms with van der Waals surface area (Å²) in [6, 6.07) is 11.0. The summed E-state index contributed by atoms with van der Waals surface area (Å²) in [5.41, 5.74) is 13.2. The molecule has 0 aliphatic carbocycles. The van der Waals surface area contributed by atoms with E-state index in [4.69, 9.17) is 19.4 Å². The first-order valence-electron chi connectivity index (χ1n) is 16.4. The van der Waals surface area contributed by atoms with Crippen LogP contribution in [0.25, 0.3) is 33.4 Å². The number of hydrazine groups is 1. The normalized spacial score (nSPS) is 13.1. The molecule has 4 aromatic rings. The number of carbonyl (C=O) groups excluding carboxylic acids is 1. The number of benzene rings is 1. The number of pyridine rings is 1. The molecule has 3 heterocycles. The van der Waals surface area contributed by atoms with Gasteiger partial charge in [-0.3, -0.25) is 15.2 Å². The van der Waals surface area contributed by atoms with Crippen LogP contribution >= 0.6 is 11.3 Å². The van der Waals surface area contributed by atoms with Crippen LogP contribution in [0.5, 0.6) is 0 Å². The Morgan fingerprint density at radius 1 is 1.22 bits per heavy atom. The molecule has 0 bridgehead atoms. The summed E-state index contributed by atoms with van der Waals surface area (Å²) in [7, 11) is 1.74. The van der Waals surface area contributed by atoms with Crippen LogP contribution in [0.2, 0.25) is 0 Å². The second-order valence-electron chi connectivity index (χ2n) is 13.1. The van der Waals surface area contributed by atoms with E-state index in [9.17, 15) is 4.79 Å². The summed E-state index contributed by atoms with van der Waals surface area (Å²) in [5, 5.41) is 4.59. The Balaban J connectivity index is 1.69. The molecule has 0 spiro atoms. The van der Waals surface area contributed by atoms with Crippen LogP contribution in [-0.2, 0) is 33.7 Å². The van der Waals surface area contributed by atoms with Crippen LogP contribution in [0.15, 0.2) is 54.2 Å². The maximum Gasteiger partial charge on any atom is 0.221 e. The van der Waals surface area contributed by atoms with Crippen molar-refractivity contribution in [3.8, 4) is 22.5 Å². The van der Waals surface area contributed by atoms with Crippen molar-refractivity contribution in [2.24, 2.45) is 11.3 Å². The molecule has 2 unspecified atom stereocenters. The van der Waals surface area contributed by atoms with Crippen molar-refractivity contribution in [2.75, 3.05) is 20.3 Å². The molecule has 9 heteroatoms. The summed E-state index contributed by atoms with van der Waals surface area (Å²) in [4.78, 5) is 20.3. The number of unbranched alkanes of at least 4 members (excludes halogenated alkanes) is 1. The maximum absolute atomic E-state index is 10.4. The van der Waals surface area contributed by atoms with E-state index in [0.717, 1.165) is 73.5 Å². The number of aromatic nitrogens is 3. The van der Waals surface area contributed by atoms with E-state index in [2.05, 4.69) is 86.3 Å². The van der Waals surface area contributed by atoms with E-state index in [1.54, 1.807) is 18.4 Å². The van der Waals surface area contributed by atoms with E-state index in [-0.39, 0.29) is 11.5 Å². The Kier molecular flexibility index (Phi) is 12.5. The lowest BCUT2D eigenvalue weighted by molar-refractivity contribution is -0.110. The molecule has 0 saturated heterocycles. The average molecular weight is 646 g/mol. The van der Waals surface area contributed by atoms with Gasteiger partial charge in [-0.2, -0.15) is 0 Å². The largest absolute Gasteiger partial charge is 0.498 e. The molecule has 0 aliphatic heterocycles. The first-order valence-corrected chi connectivity index (χ1v) is 17.2. The van der Waals surface area contributed by atoms with Crippen molar-refractivity contribution in [1.82, 2.24) is 25.4 Å². The molecule has 4 rings (SSSR count). The predicted octanol–water partition coefficient (Wildman–Crippen LogP) is 8.27. The molecule has 3 aromatic heterocycles. The fourth-order valence-corrected chi connectivity index (χ4v) is 6.85. The number of methoxy groups -OCH3 is 1. The van der Waals surface area contributed by atoms with Gasteiger partial charge in [0.2, 0.25) is 6.41 Å². The number of ether oxygens (including phenoxy) is 2. The lowest BCUT2D eigenvalue weighted by Gasteiger charge is -2.26. The molecule has 248 valence electrons. The standard InChI is InChI=1S/C37H51N5O3S/c1-9-42-33-17-16-28(32-22-46-34(41-32)15-11-10-13-26(4)21-39-40-24-43)19-30(33)31(20-37(6,7)23-45-25(2)3)36(42)29-14-12-18-38-35(29)27(5)44-8/h12,14,16-19,22,24,26-27,39H,2,9-11,13,15,20-21,23H2,1,3-8H3,(H,40,43). The van der Waals surface area contributed by atoms with Crippen molar-refractivity contribution in [2.45, 2.75) is 86.3 Å². The summed E-state index contributed by atoms with van der Waals surface area (Å²) in [5.74, 6) is 1.23. The molecular formula is C37H51N5O3S. The summed E-state index contributed by atoms with van der Waals surface area (Å²) in [6.45, 7) is 19.0. The van der Waals surface area contributed by atoms with E-state index >= 15 is 0 Å². The minimum atomic E-state index is -0.143. The zero-order chi connectivity index (χ0) is 33.3. The minimum Gasteiger partial charge on any atom is -0.498 e. The van der Waals surface area contributed by atoms with Crippen molar-refractivity contribution >= 4 is 28.6 Å². The van der Waals surface area contributed by atoms with E-state index in [1.165, 1.54) is 27.2 Å². The monoisotopic (exact) mass is 645 g/mol. The zero-order valence-electron chi connectivity index (χ0n) is 28.6. The molecule has 0 aliphatic rings. The number of thiazole rings is 1. The molecule has 0 radical (unpaired) electrons. The van der Waals surface area contributed by atoms with E-state index in [1.807, 2.05) is 19.2 Å². The van der Waals surface area contributed by atoms with Gasteiger partial charge in [0, 0.05) is 59.2 Å². The predicted molar refractivity (Wildman–Crippen MR) is 190 cm³/mol. The Morgan fingerprint density at radius 2 is 2.02 bits per heavy atom. The number of carbonyl (C=O) groups is 1. The Morgan fingerprint density at radius 3 is 2.74 bits per heavy atom. The number of allylic oxidation sites excluding steroid dienone is 1. The van der Waals surface area contributed by atoms with Crippen LogP contribution in [0.4, 0.5) is 0 Å². The molecule has 2 atom stereocenters. The fraction of sp³-hybridized carbons (Fsp3) is 0.486. The molecule has 0 saturated carbocycles. The Bertz CT molecular complexity index is 1610. The van der Waals surface area contributed by atoms with Gasteiger partial charge in [0.25, 0.3) is 0 Å². The van der Waals surface area contributed by atoms with Gasteiger partial charge in [-0.25, -0.2) is 10.4 Å². The summed E-state index contributed by atoms with van der Waals surface area (Å²) >= 11 is 1.74. The third-order valence-electron chi connectivity index (χ3n) is 8.48. The summed E-state index contributed by atoms with van der Waals surface area (Å²) in [6.07, 6.45) is 7.50. The molecule has 2 N–H and O–H groups in total. The van der Waals surface area contributed by atoms with Crippen molar-refractivity contribution in [3.63, 3.8) is 0 Å². The Labute approximate surface area is 278 Å². The maximum atomic E-state index is 10.4. The Hall–Kier alpha value is -3.53. The van der Waals surface area contributed by atoms with Gasteiger partial charge in [0.05, 0.1) is 40.6 Å². The number of nitrogens with zero attached hydrogens (tertiary/aromatic N) is 3. The van der Waals surface area contributed by atoms with Crippen LogP contribution in [0.1, 0.15) is 83.2 Å². The third kappa shape index (κ3) is 8.84. The second kappa shape index (κ2) is 16.3. The zero-order valence-corrected chi connectivity index (χ0v) is 29.4. The summed E-state index contributed by atoms with van der Waals surface area (Å²) < 4.78 is 14.2. The second-order valence-corrected chi connectivity index (χ2v) is 14.0. The van der Waals surface area contributed by atoms with Crippen LogP contribution < -0.4 is 10.9 Å². The van der Waals surface area contributed by atoms with Gasteiger partial charge in [0.1, 0.15) is 0 Å². The number of nitrogens with one attached hydrogen (secondary N) is 2. The number of fused-ring (bicyclic) bond motifs is 1. The minimum absolute atomic E-state index is 0.141. The van der Waals surface area contributed by atoms with Gasteiger partial charge in [-0.05, 0) is 82.2 Å². The molecule has 0 fully saturated rings. The quantitative estimate of drug-likeness (QED) is 0.0462. The number of amides is 1. The van der Waals surface area contributed by atoms with Gasteiger partial charge < -0.3 is 14.0 Å². The van der Waals surface area contributed by atoms with Crippen molar-refractivity contribution in [3.05, 3.63) is 70.5 Å². The number of aryl methyl sites for hydroxylation is 2. The molecule has 1 amide bonds. The van der Waals surface area contributed by atoms with Crippen molar-refractivity contribution in [1.29, 1.82) is 0 Å². The van der Waals surface area contributed by atoms with Crippen LogP contribution in [-0.4, -0.2) is 41.2 Å². The smallest absolute Gasteiger partial charge is 0.221 e. The molecule has 46 heavy (non-hydrogen) atoms. The first-order chi connectivity index (χ1) is 22.1. The highest BCUT2D eigenvalue weighted by Gasteiger charge is 2.28. The number of rotatable bonds is 19. The fourth-order valence-electron chi connectivity index (χ4n) is 6.00. The highest BCUT2D eigenvalue weighted by molar-refractivity contribution is 7.09. The highest BCUT2D eigenvalue weighted by Crippen LogP contribution is 2.41. The number of hydrogen-bond donors (Lipinski definition) is 2. The van der Waals surface area contributed by atoms with Crippen LogP contribution in [0, 0.1) is 11.3 Å². The topological polar surface area (TPSA) is 90.3 Å². The van der Waals surface area contributed by atoms with Gasteiger partial charge >= 0.3 is 0 Å². The molecular weight excluding hydrogens is 595 g/mol. The average Bonchev–Trinajstić information content (AvgIpc) is 3.64. The van der Waals surface area contributed by atoms with Gasteiger partial charge in [-0.1, -0.05) is 39.8 Å². The molecule has 1 aromatic carbocycles. The van der Waals surface area contributed by atoms with E-state index in [0.29, 0.717) is 18.9 Å². The van der Waals surface area contributed by atoms with E-state index < -0.39 is 0 Å². The van der Waals surface area contributed by atoms with Crippen LogP contribution in [0.3, 0.4) is 0 Å². The van der Waals surface area contributed by atoms with Gasteiger partial charge in [0.15, 0.2) is 0 Å². The SMILES string of the molecule is C=C(C)OCC(C)(C)Cc1c(-c2cccnc2C(C)OC)n(CC)c2ccc(-c3csc(CCCCC(C)CNNC=O)n3)cc12. The highest BCUT2D eigenvalue weighted by atomic mass is 32.1. The number of hydrogen-bond acceptors (Lipinski definition) is 7. The lowest BCUT2D eigenvalue weighted by atomic mass is 9.84. The van der Waals surface area contributed by atoms with Crippen molar-refractivity contribution < 1.29 is 14.3 Å². The third-order valence-corrected chi connectivity index (χ3v) is 9.39.